The van der Waals surface area contributed by atoms with Crippen LogP contribution in [0.2, 0.25) is 5.02 Å². The summed E-state index contributed by atoms with van der Waals surface area (Å²) in [5, 5.41) is 15.0. The predicted octanol–water partition coefficient (Wildman–Crippen LogP) is 4.47. The predicted molar refractivity (Wildman–Crippen MR) is 85.1 cm³/mol. The van der Waals surface area contributed by atoms with Gasteiger partial charge in [0.2, 0.25) is 0 Å². The molecule has 0 aliphatic rings. The average Bonchev–Trinajstić information content (AvgIpc) is 2.93. The summed E-state index contributed by atoms with van der Waals surface area (Å²) in [5.74, 6) is 0. The van der Waals surface area contributed by atoms with E-state index in [1.54, 1.807) is 17.6 Å². The number of aromatic nitrogens is 1. The molecule has 0 bridgehead atoms. The van der Waals surface area contributed by atoms with Crippen LogP contribution in [-0.2, 0) is 6.54 Å². The fourth-order valence-corrected chi connectivity index (χ4v) is 2.96. The highest BCUT2D eigenvalue weighted by molar-refractivity contribution is 7.16. The van der Waals surface area contributed by atoms with Crippen molar-refractivity contribution in [1.82, 2.24) is 4.98 Å². The maximum Gasteiger partial charge on any atom is 0.319 e. The minimum Gasteiger partial charge on any atom is -0.375 e. The van der Waals surface area contributed by atoms with Crippen molar-refractivity contribution in [3.05, 3.63) is 62.6 Å². The third kappa shape index (κ3) is 2.68. The second kappa shape index (κ2) is 5.67. The molecule has 1 aromatic heterocycles. The molecule has 0 saturated carbocycles. The fourth-order valence-electron chi connectivity index (χ4n) is 2.08. The Morgan fingerprint density at radius 2 is 2.10 bits per heavy atom. The van der Waals surface area contributed by atoms with Gasteiger partial charge in [-0.2, -0.15) is 0 Å². The van der Waals surface area contributed by atoms with Gasteiger partial charge in [-0.05, 0) is 23.8 Å². The van der Waals surface area contributed by atoms with Crippen LogP contribution in [0, 0.1) is 10.1 Å². The molecule has 2 aromatic carbocycles. The third-order valence-electron chi connectivity index (χ3n) is 3.09. The van der Waals surface area contributed by atoms with Crippen LogP contribution in [0.25, 0.3) is 10.2 Å². The zero-order chi connectivity index (χ0) is 14.8. The molecule has 0 aliphatic heterocycles. The molecule has 3 aromatic rings. The number of nitrogens with one attached hydrogen (secondary N) is 1. The zero-order valence-corrected chi connectivity index (χ0v) is 12.3. The Hall–Kier alpha value is -2.18. The van der Waals surface area contributed by atoms with Gasteiger partial charge in [-0.15, -0.1) is 11.3 Å². The molecule has 106 valence electrons. The summed E-state index contributed by atoms with van der Waals surface area (Å²) in [5.41, 5.74) is 3.34. The first-order valence-electron chi connectivity index (χ1n) is 6.14. The number of rotatable bonds is 4. The quantitative estimate of drug-likeness (QED) is 0.569. The van der Waals surface area contributed by atoms with E-state index in [2.05, 4.69) is 10.3 Å². The molecule has 5 nitrogen and oxygen atoms in total. The Morgan fingerprint density at radius 1 is 1.29 bits per heavy atom. The van der Waals surface area contributed by atoms with Crippen molar-refractivity contribution in [1.29, 1.82) is 0 Å². The maximum absolute atomic E-state index is 11.3. The van der Waals surface area contributed by atoms with Gasteiger partial charge < -0.3 is 5.32 Å². The lowest BCUT2D eigenvalue weighted by atomic mass is 10.2. The number of nitro groups is 1. The highest BCUT2D eigenvalue weighted by Crippen LogP contribution is 2.34. The molecule has 21 heavy (non-hydrogen) atoms. The van der Waals surface area contributed by atoms with E-state index in [9.17, 15) is 10.1 Å². The van der Waals surface area contributed by atoms with E-state index in [0.29, 0.717) is 22.8 Å². The van der Waals surface area contributed by atoms with Gasteiger partial charge in [0.05, 0.1) is 15.1 Å². The number of nitro benzene ring substituents is 1. The Labute approximate surface area is 129 Å². The van der Waals surface area contributed by atoms with Crippen molar-refractivity contribution in [3.63, 3.8) is 0 Å². The summed E-state index contributed by atoms with van der Waals surface area (Å²) in [6, 6.07) is 10.9. The van der Waals surface area contributed by atoms with Gasteiger partial charge in [0, 0.05) is 11.6 Å². The first-order valence-corrected chi connectivity index (χ1v) is 7.40. The standard InChI is InChI=1S/C14H10ClN3O2S/c15-10-4-2-1-3-9(10)7-16-11-5-6-12-13(17-8-21-12)14(11)18(19)20/h1-6,8,16H,7H2. The number of hydrogen-bond donors (Lipinski definition) is 1. The molecule has 7 heteroatoms. The molecular formula is C14H10ClN3O2S. The Balaban J connectivity index is 1.95. The van der Waals surface area contributed by atoms with E-state index in [0.717, 1.165) is 10.3 Å². The van der Waals surface area contributed by atoms with Crippen LogP contribution in [-0.4, -0.2) is 9.91 Å². The van der Waals surface area contributed by atoms with E-state index in [1.807, 2.05) is 24.3 Å². The first kappa shape index (κ1) is 13.8. The molecule has 3 rings (SSSR count). The molecule has 1 heterocycles. The van der Waals surface area contributed by atoms with Crippen molar-refractivity contribution in [2.24, 2.45) is 0 Å². The molecule has 0 radical (unpaired) electrons. The summed E-state index contributed by atoms with van der Waals surface area (Å²) in [6.45, 7) is 0.413. The summed E-state index contributed by atoms with van der Waals surface area (Å²) in [7, 11) is 0. The van der Waals surface area contributed by atoms with Gasteiger partial charge in [0.15, 0.2) is 5.52 Å². The van der Waals surface area contributed by atoms with Crippen LogP contribution < -0.4 is 5.32 Å². The molecule has 0 saturated heterocycles. The Bertz CT molecular complexity index is 819. The summed E-state index contributed by atoms with van der Waals surface area (Å²) in [4.78, 5) is 15.0. The van der Waals surface area contributed by atoms with E-state index >= 15 is 0 Å². The van der Waals surface area contributed by atoms with E-state index in [4.69, 9.17) is 11.6 Å². The number of thiazole rings is 1. The van der Waals surface area contributed by atoms with Gasteiger partial charge in [-0.1, -0.05) is 29.8 Å². The molecule has 0 atom stereocenters. The van der Waals surface area contributed by atoms with Gasteiger partial charge in [-0.3, -0.25) is 10.1 Å². The number of anilines is 1. The molecule has 0 unspecified atom stereocenters. The van der Waals surface area contributed by atoms with Crippen molar-refractivity contribution >= 4 is 44.5 Å². The minimum atomic E-state index is -0.406. The summed E-state index contributed by atoms with van der Waals surface area (Å²) in [6.07, 6.45) is 0. The second-order valence-electron chi connectivity index (χ2n) is 4.36. The first-order chi connectivity index (χ1) is 10.2. The van der Waals surface area contributed by atoms with Crippen LogP contribution in [0.5, 0.6) is 0 Å². The van der Waals surface area contributed by atoms with Crippen LogP contribution in [0.15, 0.2) is 41.9 Å². The highest BCUT2D eigenvalue weighted by atomic mass is 35.5. The molecule has 0 fully saturated rings. The van der Waals surface area contributed by atoms with Gasteiger partial charge in [-0.25, -0.2) is 4.98 Å². The normalized spacial score (nSPS) is 10.7. The van der Waals surface area contributed by atoms with Crippen LogP contribution >= 0.6 is 22.9 Å². The molecular weight excluding hydrogens is 310 g/mol. The summed E-state index contributed by atoms with van der Waals surface area (Å²) >= 11 is 7.47. The number of hydrogen-bond acceptors (Lipinski definition) is 5. The topological polar surface area (TPSA) is 68.1 Å². The lowest BCUT2D eigenvalue weighted by molar-refractivity contribution is -0.382. The molecule has 0 amide bonds. The van der Waals surface area contributed by atoms with Crippen LogP contribution in [0.1, 0.15) is 5.56 Å². The lowest BCUT2D eigenvalue weighted by Gasteiger charge is -2.08. The van der Waals surface area contributed by atoms with Crippen LogP contribution in [0.3, 0.4) is 0 Å². The van der Waals surface area contributed by atoms with Crippen molar-refractivity contribution in [3.8, 4) is 0 Å². The van der Waals surface area contributed by atoms with Gasteiger partial charge >= 0.3 is 5.69 Å². The third-order valence-corrected chi connectivity index (χ3v) is 4.25. The molecule has 0 spiro atoms. The zero-order valence-electron chi connectivity index (χ0n) is 10.7. The largest absolute Gasteiger partial charge is 0.375 e. The van der Waals surface area contributed by atoms with E-state index in [1.165, 1.54) is 11.3 Å². The summed E-state index contributed by atoms with van der Waals surface area (Å²) < 4.78 is 0.796. The van der Waals surface area contributed by atoms with Gasteiger partial charge in [0.25, 0.3) is 0 Å². The number of fused-ring (bicyclic) bond motifs is 1. The van der Waals surface area contributed by atoms with E-state index in [-0.39, 0.29) is 5.69 Å². The number of nitrogens with zero attached hydrogens (tertiary/aromatic N) is 2. The monoisotopic (exact) mass is 319 g/mol. The fraction of sp³-hybridized carbons (Fsp3) is 0.0714. The van der Waals surface area contributed by atoms with E-state index < -0.39 is 4.92 Å². The SMILES string of the molecule is O=[N+]([O-])c1c(NCc2ccccc2Cl)ccc2scnc12. The Morgan fingerprint density at radius 3 is 2.86 bits per heavy atom. The average molecular weight is 320 g/mol. The molecule has 1 N–H and O–H groups in total. The number of halogens is 1. The van der Waals surface area contributed by atoms with Gasteiger partial charge in [0.1, 0.15) is 5.69 Å². The molecule has 0 aliphatic carbocycles. The second-order valence-corrected chi connectivity index (χ2v) is 5.66. The van der Waals surface area contributed by atoms with Crippen molar-refractivity contribution in [2.75, 3.05) is 5.32 Å². The van der Waals surface area contributed by atoms with Crippen LogP contribution in [0.4, 0.5) is 11.4 Å². The smallest absolute Gasteiger partial charge is 0.319 e. The number of benzene rings is 2. The lowest BCUT2D eigenvalue weighted by Crippen LogP contribution is -2.03. The minimum absolute atomic E-state index is 0.000744. The highest BCUT2D eigenvalue weighted by Gasteiger charge is 2.20. The van der Waals surface area contributed by atoms with Crippen molar-refractivity contribution < 1.29 is 4.92 Å². The maximum atomic E-state index is 11.3. The van der Waals surface area contributed by atoms with Crippen molar-refractivity contribution in [2.45, 2.75) is 6.54 Å². The Kier molecular flexibility index (Phi) is 3.72.